The maximum atomic E-state index is 13.1. The fraction of sp³-hybridized carbons (Fsp3) is 0.333. The maximum Gasteiger partial charge on any atom is 0.325 e. The van der Waals surface area contributed by atoms with E-state index in [-0.39, 0.29) is 24.7 Å². The molecule has 0 saturated carbocycles. The summed E-state index contributed by atoms with van der Waals surface area (Å²) in [7, 11) is 1.69. The van der Waals surface area contributed by atoms with Crippen molar-refractivity contribution in [3.8, 4) is 0 Å². The summed E-state index contributed by atoms with van der Waals surface area (Å²) in [6.07, 6.45) is 2.21. The highest BCUT2D eigenvalue weighted by molar-refractivity contribution is 6.11. The quantitative estimate of drug-likeness (QED) is 0.576. The Morgan fingerprint density at radius 2 is 1.81 bits per heavy atom. The molecule has 2 aliphatic heterocycles. The molecular weight excluding hydrogens is 394 g/mol. The molecule has 7 heteroatoms. The summed E-state index contributed by atoms with van der Waals surface area (Å²) >= 11 is 0. The Hall–Kier alpha value is -3.48. The van der Waals surface area contributed by atoms with E-state index < -0.39 is 17.5 Å². The van der Waals surface area contributed by atoms with E-state index in [4.69, 9.17) is 0 Å². The average Bonchev–Trinajstić information content (AvgIpc) is 3.16. The van der Waals surface area contributed by atoms with Gasteiger partial charge in [0.25, 0.3) is 5.91 Å². The fourth-order valence-corrected chi connectivity index (χ4v) is 4.21. The predicted octanol–water partition coefficient (Wildman–Crippen LogP) is 2.81. The summed E-state index contributed by atoms with van der Waals surface area (Å²) in [5.74, 6) is -0.838. The van der Waals surface area contributed by atoms with Gasteiger partial charge in [0, 0.05) is 18.3 Å². The molecule has 0 aliphatic carbocycles. The summed E-state index contributed by atoms with van der Waals surface area (Å²) < 4.78 is 0. The maximum absolute atomic E-state index is 13.1. The molecule has 1 saturated heterocycles. The van der Waals surface area contributed by atoms with E-state index in [2.05, 4.69) is 12.2 Å². The third kappa shape index (κ3) is 3.50. The van der Waals surface area contributed by atoms with Gasteiger partial charge in [0.15, 0.2) is 5.78 Å². The lowest BCUT2D eigenvalue weighted by Gasteiger charge is -2.22. The second-order valence-electron chi connectivity index (χ2n) is 8.29. The Morgan fingerprint density at radius 3 is 2.48 bits per heavy atom. The van der Waals surface area contributed by atoms with Crippen molar-refractivity contribution < 1.29 is 19.2 Å². The average molecular weight is 419 g/mol. The first kappa shape index (κ1) is 20.8. The Balaban J connectivity index is 1.52. The molecule has 160 valence electrons. The normalized spacial score (nSPS) is 20.3. The number of rotatable bonds is 6. The lowest BCUT2D eigenvalue weighted by atomic mass is 9.91. The minimum absolute atomic E-state index is 0.0329. The largest absolute Gasteiger partial charge is 0.325 e. The second kappa shape index (κ2) is 7.65. The number of ketones is 1. The number of anilines is 1. The van der Waals surface area contributed by atoms with E-state index in [9.17, 15) is 19.2 Å². The molecule has 1 fully saturated rings. The SMILES string of the molecule is CCCc1ccc([C@@]2(C)NC(=O)N(CC(=O)c3ccc4c(c3)CC(=O)N4C)C2=O)cc1. The van der Waals surface area contributed by atoms with Crippen molar-refractivity contribution in [2.45, 2.75) is 38.6 Å². The fourth-order valence-electron chi connectivity index (χ4n) is 4.21. The van der Waals surface area contributed by atoms with Crippen LogP contribution in [0.3, 0.4) is 0 Å². The van der Waals surface area contributed by atoms with Crippen LogP contribution >= 0.6 is 0 Å². The van der Waals surface area contributed by atoms with Crippen LogP contribution in [-0.4, -0.2) is 42.1 Å². The van der Waals surface area contributed by atoms with Crippen LogP contribution in [0.2, 0.25) is 0 Å². The zero-order chi connectivity index (χ0) is 22.3. The molecule has 1 atom stereocenters. The number of imide groups is 1. The van der Waals surface area contributed by atoms with Gasteiger partial charge in [-0.3, -0.25) is 19.3 Å². The summed E-state index contributed by atoms with van der Waals surface area (Å²) in [6.45, 7) is 3.40. The van der Waals surface area contributed by atoms with Gasteiger partial charge in [-0.15, -0.1) is 0 Å². The van der Waals surface area contributed by atoms with Crippen molar-refractivity contribution in [3.05, 3.63) is 64.7 Å². The third-order valence-corrected chi connectivity index (χ3v) is 6.13. The number of likely N-dealkylation sites (N-methyl/N-ethyl adjacent to an activating group) is 1. The topological polar surface area (TPSA) is 86.8 Å². The molecule has 0 spiro atoms. The number of aryl methyl sites for hydroxylation is 1. The molecule has 0 radical (unpaired) electrons. The van der Waals surface area contributed by atoms with Crippen LogP contribution in [0, 0.1) is 0 Å². The summed E-state index contributed by atoms with van der Waals surface area (Å²) in [5.41, 5.74) is 2.55. The standard InChI is InChI=1S/C24H25N3O4/c1-4-5-15-6-9-18(10-7-15)24(2)22(30)27(23(31)25-24)14-20(28)16-8-11-19-17(12-16)13-21(29)26(19)3/h6-12H,4-5,13-14H2,1-3H3,(H,25,31)/t24-/m1/s1. The van der Waals surface area contributed by atoms with Crippen LogP contribution in [0.5, 0.6) is 0 Å². The van der Waals surface area contributed by atoms with Gasteiger partial charge in [-0.05, 0) is 48.2 Å². The third-order valence-electron chi connectivity index (χ3n) is 6.13. The molecule has 2 aromatic carbocycles. The van der Waals surface area contributed by atoms with E-state index in [1.165, 1.54) is 5.56 Å². The van der Waals surface area contributed by atoms with Gasteiger partial charge < -0.3 is 10.2 Å². The molecule has 31 heavy (non-hydrogen) atoms. The number of amides is 4. The zero-order valence-corrected chi connectivity index (χ0v) is 17.9. The predicted molar refractivity (Wildman–Crippen MR) is 116 cm³/mol. The van der Waals surface area contributed by atoms with Gasteiger partial charge in [-0.2, -0.15) is 0 Å². The van der Waals surface area contributed by atoms with E-state index in [1.54, 1.807) is 37.1 Å². The van der Waals surface area contributed by atoms with E-state index >= 15 is 0 Å². The lowest BCUT2D eigenvalue weighted by molar-refractivity contribution is -0.130. The van der Waals surface area contributed by atoms with Crippen molar-refractivity contribution in [2.24, 2.45) is 0 Å². The number of urea groups is 1. The molecule has 0 aromatic heterocycles. The summed E-state index contributed by atoms with van der Waals surface area (Å²) in [5, 5.41) is 2.74. The van der Waals surface area contributed by atoms with Crippen LogP contribution in [0.4, 0.5) is 10.5 Å². The second-order valence-corrected chi connectivity index (χ2v) is 8.29. The number of hydrogen-bond acceptors (Lipinski definition) is 4. The number of fused-ring (bicyclic) bond motifs is 1. The van der Waals surface area contributed by atoms with Crippen molar-refractivity contribution >= 4 is 29.3 Å². The molecule has 0 unspecified atom stereocenters. The number of nitrogens with one attached hydrogen (secondary N) is 1. The molecular formula is C24H25N3O4. The Morgan fingerprint density at radius 1 is 1.10 bits per heavy atom. The highest BCUT2D eigenvalue weighted by Crippen LogP contribution is 2.31. The summed E-state index contributed by atoms with van der Waals surface area (Å²) in [4.78, 5) is 52.9. The van der Waals surface area contributed by atoms with E-state index in [1.807, 2.05) is 24.3 Å². The van der Waals surface area contributed by atoms with E-state index in [0.29, 0.717) is 11.1 Å². The lowest BCUT2D eigenvalue weighted by Crippen LogP contribution is -2.41. The minimum Gasteiger partial charge on any atom is -0.319 e. The first-order valence-electron chi connectivity index (χ1n) is 10.4. The Kier molecular flexibility index (Phi) is 5.13. The van der Waals surface area contributed by atoms with Crippen LogP contribution in [0.15, 0.2) is 42.5 Å². The van der Waals surface area contributed by atoms with Crippen LogP contribution in [-0.2, 0) is 28.0 Å². The molecule has 4 amide bonds. The van der Waals surface area contributed by atoms with Gasteiger partial charge in [0.05, 0.1) is 13.0 Å². The van der Waals surface area contributed by atoms with Gasteiger partial charge in [-0.1, -0.05) is 37.6 Å². The molecule has 2 aromatic rings. The van der Waals surface area contributed by atoms with Crippen molar-refractivity contribution in [1.29, 1.82) is 0 Å². The monoisotopic (exact) mass is 419 g/mol. The van der Waals surface area contributed by atoms with E-state index in [0.717, 1.165) is 29.0 Å². The van der Waals surface area contributed by atoms with Crippen molar-refractivity contribution in [3.63, 3.8) is 0 Å². The summed E-state index contributed by atoms with van der Waals surface area (Å²) in [6, 6.07) is 12.0. The minimum atomic E-state index is -1.21. The van der Waals surface area contributed by atoms with Gasteiger partial charge >= 0.3 is 6.03 Å². The molecule has 1 N–H and O–H groups in total. The zero-order valence-electron chi connectivity index (χ0n) is 17.9. The highest BCUT2D eigenvalue weighted by Gasteiger charge is 2.49. The van der Waals surface area contributed by atoms with Crippen molar-refractivity contribution in [2.75, 3.05) is 18.5 Å². The van der Waals surface area contributed by atoms with Crippen LogP contribution in [0.1, 0.15) is 47.3 Å². The molecule has 4 rings (SSSR count). The smallest absolute Gasteiger partial charge is 0.319 e. The number of nitrogens with zero attached hydrogens (tertiary/aromatic N) is 2. The van der Waals surface area contributed by atoms with Gasteiger partial charge in [0.2, 0.25) is 5.91 Å². The Bertz CT molecular complexity index is 1090. The first-order valence-corrected chi connectivity index (χ1v) is 10.4. The highest BCUT2D eigenvalue weighted by atomic mass is 16.2. The molecule has 7 nitrogen and oxygen atoms in total. The molecule has 2 heterocycles. The number of Topliss-reactive ketones (excluding diaryl/α,β-unsaturated/α-hetero) is 1. The number of benzene rings is 2. The number of carbonyl (C=O) groups excluding carboxylic acids is 4. The molecule has 2 aliphatic rings. The van der Waals surface area contributed by atoms with Crippen molar-refractivity contribution in [1.82, 2.24) is 10.2 Å². The molecule has 0 bridgehead atoms. The van der Waals surface area contributed by atoms with Gasteiger partial charge in [-0.25, -0.2) is 4.79 Å². The number of hydrogen-bond donors (Lipinski definition) is 1. The first-order chi connectivity index (χ1) is 14.7. The number of carbonyl (C=O) groups is 4. The van der Waals surface area contributed by atoms with Gasteiger partial charge in [0.1, 0.15) is 5.54 Å². The van der Waals surface area contributed by atoms with Crippen LogP contribution in [0.25, 0.3) is 0 Å². The Labute approximate surface area is 181 Å². The van der Waals surface area contributed by atoms with Crippen LogP contribution < -0.4 is 10.2 Å².